The highest BCUT2D eigenvalue weighted by Gasteiger charge is 2.24. The van der Waals surface area contributed by atoms with E-state index in [0.29, 0.717) is 0 Å². The summed E-state index contributed by atoms with van der Waals surface area (Å²) in [7, 11) is 2.11. The van der Waals surface area contributed by atoms with Gasteiger partial charge in [-0.15, -0.1) is 0 Å². The zero-order chi connectivity index (χ0) is 15.1. The van der Waals surface area contributed by atoms with Gasteiger partial charge < -0.3 is 15.1 Å². The van der Waals surface area contributed by atoms with E-state index in [0.717, 1.165) is 51.5 Å². The van der Waals surface area contributed by atoms with E-state index in [1.165, 1.54) is 32.2 Å². The maximum atomic E-state index is 12.2. The summed E-state index contributed by atoms with van der Waals surface area (Å²) in [5, 5.41) is 3.15. The molecule has 0 aromatic heterocycles. The van der Waals surface area contributed by atoms with Crippen molar-refractivity contribution in [3.8, 4) is 0 Å². The molecule has 4 nitrogen and oxygen atoms in total. The highest BCUT2D eigenvalue weighted by Crippen LogP contribution is 2.19. The molecule has 21 heavy (non-hydrogen) atoms. The standard InChI is InChI=1S/C17H33N3O/c1-3-16-9-4-5-12-20(16)13-7-10-18-17(21)15-8-6-11-19(2)14-15/h15-16H,3-14H2,1-2H3,(H,18,21). The average molecular weight is 295 g/mol. The molecule has 2 rings (SSSR count). The second-order valence-electron chi connectivity index (χ2n) is 6.84. The molecule has 0 radical (unpaired) electrons. The van der Waals surface area contributed by atoms with Gasteiger partial charge in [0.15, 0.2) is 0 Å². The van der Waals surface area contributed by atoms with Crippen LogP contribution in [0.5, 0.6) is 0 Å². The molecule has 2 saturated heterocycles. The van der Waals surface area contributed by atoms with E-state index >= 15 is 0 Å². The summed E-state index contributed by atoms with van der Waals surface area (Å²) in [4.78, 5) is 17.1. The Morgan fingerprint density at radius 2 is 2.05 bits per heavy atom. The van der Waals surface area contributed by atoms with E-state index in [1.54, 1.807) is 0 Å². The predicted octanol–water partition coefficient (Wildman–Crippen LogP) is 2.10. The average Bonchev–Trinajstić information content (AvgIpc) is 2.51. The second kappa shape index (κ2) is 8.74. The lowest BCUT2D eigenvalue weighted by molar-refractivity contribution is -0.126. The quantitative estimate of drug-likeness (QED) is 0.762. The van der Waals surface area contributed by atoms with Crippen molar-refractivity contribution in [3.05, 3.63) is 0 Å². The van der Waals surface area contributed by atoms with Crippen LogP contribution in [0.25, 0.3) is 0 Å². The molecule has 122 valence electrons. The van der Waals surface area contributed by atoms with Gasteiger partial charge in [-0.1, -0.05) is 13.3 Å². The van der Waals surface area contributed by atoms with Crippen LogP contribution < -0.4 is 5.32 Å². The van der Waals surface area contributed by atoms with Crippen molar-refractivity contribution in [1.82, 2.24) is 15.1 Å². The number of amides is 1. The third-order valence-electron chi connectivity index (χ3n) is 5.14. The molecule has 2 aliphatic heterocycles. The summed E-state index contributed by atoms with van der Waals surface area (Å²) in [5.74, 6) is 0.481. The van der Waals surface area contributed by atoms with Crippen molar-refractivity contribution >= 4 is 5.91 Å². The molecule has 2 fully saturated rings. The van der Waals surface area contributed by atoms with E-state index in [-0.39, 0.29) is 11.8 Å². The minimum atomic E-state index is 0.210. The highest BCUT2D eigenvalue weighted by molar-refractivity contribution is 5.78. The smallest absolute Gasteiger partial charge is 0.224 e. The number of likely N-dealkylation sites (tertiary alicyclic amines) is 2. The molecule has 0 saturated carbocycles. The lowest BCUT2D eigenvalue weighted by Gasteiger charge is -2.35. The van der Waals surface area contributed by atoms with Crippen LogP contribution in [-0.4, -0.2) is 61.5 Å². The monoisotopic (exact) mass is 295 g/mol. The molecule has 0 spiro atoms. The van der Waals surface area contributed by atoms with Gasteiger partial charge >= 0.3 is 0 Å². The fourth-order valence-electron chi connectivity index (χ4n) is 3.84. The largest absolute Gasteiger partial charge is 0.356 e. The van der Waals surface area contributed by atoms with E-state index in [1.807, 2.05) is 0 Å². The first-order valence-corrected chi connectivity index (χ1v) is 8.91. The zero-order valence-electron chi connectivity index (χ0n) is 13.9. The Hall–Kier alpha value is -0.610. The highest BCUT2D eigenvalue weighted by atomic mass is 16.1. The van der Waals surface area contributed by atoms with Crippen LogP contribution in [0.1, 0.15) is 51.9 Å². The van der Waals surface area contributed by atoms with E-state index in [2.05, 4.69) is 29.1 Å². The van der Waals surface area contributed by atoms with Crippen LogP contribution in [0.15, 0.2) is 0 Å². The lowest BCUT2D eigenvalue weighted by atomic mass is 9.97. The molecule has 1 N–H and O–H groups in total. The first-order chi connectivity index (χ1) is 10.2. The van der Waals surface area contributed by atoms with E-state index in [9.17, 15) is 4.79 Å². The summed E-state index contributed by atoms with van der Waals surface area (Å²) < 4.78 is 0. The van der Waals surface area contributed by atoms with Gasteiger partial charge in [0.05, 0.1) is 5.92 Å². The topological polar surface area (TPSA) is 35.6 Å². The zero-order valence-corrected chi connectivity index (χ0v) is 13.9. The Labute approximate surface area is 130 Å². The first-order valence-electron chi connectivity index (χ1n) is 8.91. The summed E-state index contributed by atoms with van der Waals surface area (Å²) in [6.45, 7) is 7.59. The molecule has 0 aromatic rings. The summed E-state index contributed by atoms with van der Waals surface area (Å²) in [5.41, 5.74) is 0. The van der Waals surface area contributed by atoms with Gasteiger partial charge in [-0.2, -0.15) is 0 Å². The summed E-state index contributed by atoms with van der Waals surface area (Å²) in [6, 6.07) is 0.779. The number of nitrogens with zero attached hydrogens (tertiary/aromatic N) is 2. The van der Waals surface area contributed by atoms with Crippen LogP contribution in [0, 0.1) is 5.92 Å². The number of piperidine rings is 2. The van der Waals surface area contributed by atoms with Crippen LogP contribution in [0.2, 0.25) is 0 Å². The Morgan fingerprint density at radius 3 is 2.81 bits per heavy atom. The minimum Gasteiger partial charge on any atom is -0.356 e. The number of hydrogen-bond acceptors (Lipinski definition) is 3. The van der Waals surface area contributed by atoms with Gasteiger partial charge in [0, 0.05) is 25.7 Å². The van der Waals surface area contributed by atoms with Gasteiger partial charge in [-0.25, -0.2) is 0 Å². The SMILES string of the molecule is CCC1CCCCN1CCCNC(=O)C1CCCN(C)C1. The van der Waals surface area contributed by atoms with Gasteiger partial charge in [0.25, 0.3) is 0 Å². The summed E-state index contributed by atoms with van der Waals surface area (Å²) >= 11 is 0. The van der Waals surface area contributed by atoms with Gasteiger partial charge in [0.1, 0.15) is 0 Å². The molecule has 0 bridgehead atoms. The van der Waals surface area contributed by atoms with Crippen LogP contribution in [0.4, 0.5) is 0 Å². The van der Waals surface area contributed by atoms with Crippen molar-refractivity contribution < 1.29 is 4.79 Å². The molecular weight excluding hydrogens is 262 g/mol. The molecule has 2 unspecified atom stereocenters. The third-order valence-corrected chi connectivity index (χ3v) is 5.14. The van der Waals surface area contributed by atoms with Crippen molar-refractivity contribution in [2.75, 3.05) is 39.8 Å². The van der Waals surface area contributed by atoms with Crippen LogP contribution in [-0.2, 0) is 4.79 Å². The van der Waals surface area contributed by atoms with E-state index in [4.69, 9.17) is 0 Å². The van der Waals surface area contributed by atoms with Crippen molar-refractivity contribution in [2.45, 2.75) is 57.9 Å². The van der Waals surface area contributed by atoms with Crippen LogP contribution >= 0.6 is 0 Å². The number of hydrogen-bond donors (Lipinski definition) is 1. The molecule has 1 amide bonds. The van der Waals surface area contributed by atoms with Crippen molar-refractivity contribution in [2.24, 2.45) is 5.92 Å². The Morgan fingerprint density at radius 1 is 1.19 bits per heavy atom. The van der Waals surface area contributed by atoms with Gasteiger partial charge in [0.2, 0.25) is 5.91 Å². The molecule has 0 aliphatic carbocycles. The fraction of sp³-hybridized carbons (Fsp3) is 0.941. The number of carbonyl (C=O) groups is 1. The molecule has 4 heteroatoms. The minimum absolute atomic E-state index is 0.210. The molecule has 2 aliphatic rings. The molecule has 2 heterocycles. The number of nitrogens with one attached hydrogen (secondary N) is 1. The van der Waals surface area contributed by atoms with Crippen molar-refractivity contribution in [1.29, 1.82) is 0 Å². The normalized spacial score (nSPS) is 28.5. The maximum Gasteiger partial charge on any atom is 0.224 e. The molecule has 2 atom stereocenters. The Kier molecular flexibility index (Phi) is 6.97. The maximum absolute atomic E-state index is 12.2. The fourth-order valence-corrected chi connectivity index (χ4v) is 3.84. The van der Waals surface area contributed by atoms with E-state index < -0.39 is 0 Å². The van der Waals surface area contributed by atoms with Crippen molar-refractivity contribution in [3.63, 3.8) is 0 Å². The Bertz CT molecular complexity index is 321. The Balaban J connectivity index is 1.61. The molecular formula is C17H33N3O. The second-order valence-corrected chi connectivity index (χ2v) is 6.84. The lowest BCUT2D eigenvalue weighted by Crippen LogP contribution is -2.43. The first kappa shape index (κ1) is 16.8. The number of rotatable bonds is 6. The number of carbonyl (C=O) groups excluding carboxylic acids is 1. The van der Waals surface area contributed by atoms with Crippen LogP contribution in [0.3, 0.4) is 0 Å². The predicted molar refractivity (Wildman–Crippen MR) is 87.4 cm³/mol. The van der Waals surface area contributed by atoms with Gasteiger partial charge in [-0.3, -0.25) is 4.79 Å². The summed E-state index contributed by atoms with van der Waals surface area (Å²) in [6.07, 6.45) is 8.65. The third kappa shape index (κ3) is 5.26. The molecule has 0 aromatic carbocycles. The van der Waals surface area contributed by atoms with Gasteiger partial charge in [-0.05, 0) is 58.7 Å².